The first-order valence-electron chi connectivity index (χ1n) is 9.18. The number of sulfonamides is 1. The van der Waals surface area contributed by atoms with Crippen molar-refractivity contribution in [3.63, 3.8) is 0 Å². The van der Waals surface area contributed by atoms with Crippen molar-refractivity contribution < 1.29 is 17.2 Å². The topological polar surface area (TPSA) is 84.8 Å². The molecule has 6 nitrogen and oxygen atoms in total. The van der Waals surface area contributed by atoms with Crippen LogP contribution in [-0.4, -0.2) is 23.4 Å². The zero-order valence-electron chi connectivity index (χ0n) is 16.5. The maximum atomic E-state index is 13.4. The average Bonchev–Trinajstić information content (AvgIpc) is 2.76. The van der Waals surface area contributed by atoms with E-state index in [0.29, 0.717) is 22.2 Å². The number of anilines is 1. The molecule has 0 saturated carbocycles. The first-order chi connectivity index (χ1) is 14.8. The number of rotatable bonds is 4. The molecule has 0 fully saturated rings. The molecule has 10 heteroatoms. The van der Waals surface area contributed by atoms with Gasteiger partial charge in [-0.2, -0.15) is 4.39 Å². The lowest BCUT2D eigenvalue weighted by atomic mass is 10.1. The van der Waals surface area contributed by atoms with Gasteiger partial charge in [0.2, 0.25) is 5.95 Å². The van der Waals surface area contributed by atoms with Gasteiger partial charge in [0, 0.05) is 11.8 Å². The predicted octanol–water partition coefficient (Wildman–Crippen LogP) is 5.45. The lowest BCUT2D eigenvalue weighted by Gasteiger charge is -2.11. The van der Waals surface area contributed by atoms with Gasteiger partial charge in [-0.1, -0.05) is 31.5 Å². The molecular formula is C21H17ClF2N4O2S. The van der Waals surface area contributed by atoms with E-state index < -0.39 is 21.8 Å². The standard InChI is InChI=1S/C19H11ClF2N4O2S.C2H6/c20-19-17(26-29(27,28)14-4-2-13(21)3-5-14)8-12(9-24-19)11-1-6-15-16(7-11)25-18(22)10-23-15;1-2/h1-10,26H;1-2H3. The van der Waals surface area contributed by atoms with Gasteiger partial charge in [0.05, 0.1) is 27.8 Å². The third kappa shape index (κ3) is 5.12. The Morgan fingerprint density at radius 3 is 2.29 bits per heavy atom. The van der Waals surface area contributed by atoms with Crippen LogP contribution in [0.25, 0.3) is 22.2 Å². The Kier molecular flexibility index (Phi) is 6.77. The van der Waals surface area contributed by atoms with Crippen LogP contribution in [0.15, 0.2) is 65.8 Å². The van der Waals surface area contributed by atoms with Gasteiger partial charge in [-0.15, -0.1) is 0 Å². The van der Waals surface area contributed by atoms with Crippen molar-refractivity contribution in [3.05, 3.63) is 77.8 Å². The molecule has 4 aromatic rings. The molecule has 0 radical (unpaired) electrons. The molecule has 0 aliphatic heterocycles. The highest BCUT2D eigenvalue weighted by atomic mass is 35.5. The molecular weight excluding hydrogens is 446 g/mol. The fourth-order valence-corrected chi connectivity index (χ4v) is 3.93. The van der Waals surface area contributed by atoms with E-state index >= 15 is 0 Å². The van der Waals surface area contributed by atoms with Crippen LogP contribution < -0.4 is 4.72 Å². The average molecular weight is 463 g/mol. The SMILES string of the molecule is CC.O=S(=O)(Nc1cc(-c2ccc3ncc(F)nc3c2)cnc1Cl)c1ccc(F)cc1. The Morgan fingerprint density at radius 1 is 0.871 bits per heavy atom. The van der Waals surface area contributed by atoms with Gasteiger partial charge in [0.1, 0.15) is 5.82 Å². The summed E-state index contributed by atoms with van der Waals surface area (Å²) < 4.78 is 53.9. The summed E-state index contributed by atoms with van der Waals surface area (Å²) in [4.78, 5) is 11.6. The van der Waals surface area contributed by atoms with Crippen LogP contribution in [0.3, 0.4) is 0 Å². The first-order valence-corrected chi connectivity index (χ1v) is 11.0. The number of hydrogen-bond acceptors (Lipinski definition) is 5. The molecule has 0 unspecified atom stereocenters. The zero-order valence-corrected chi connectivity index (χ0v) is 18.0. The third-order valence-corrected chi connectivity index (χ3v) is 5.74. The van der Waals surface area contributed by atoms with Crippen molar-refractivity contribution in [3.8, 4) is 11.1 Å². The van der Waals surface area contributed by atoms with E-state index in [1.807, 2.05) is 13.8 Å². The Balaban J connectivity index is 0.00000132. The number of halogens is 3. The normalized spacial score (nSPS) is 11.0. The molecule has 0 saturated heterocycles. The van der Waals surface area contributed by atoms with Crippen LogP contribution in [0.2, 0.25) is 5.15 Å². The predicted molar refractivity (Wildman–Crippen MR) is 116 cm³/mol. The second kappa shape index (κ2) is 9.32. The molecule has 4 rings (SSSR count). The number of nitrogens with one attached hydrogen (secondary N) is 1. The minimum absolute atomic E-state index is 0.0407. The smallest absolute Gasteiger partial charge is 0.261 e. The third-order valence-electron chi connectivity index (χ3n) is 4.05. The first kappa shape index (κ1) is 22.5. The van der Waals surface area contributed by atoms with Crippen molar-refractivity contribution in [1.82, 2.24) is 15.0 Å². The van der Waals surface area contributed by atoms with Crippen molar-refractivity contribution in [2.45, 2.75) is 18.7 Å². The number of nitrogens with zero attached hydrogens (tertiary/aromatic N) is 3. The molecule has 31 heavy (non-hydrogen) atoms. The van der Waals surface area contributed by atoms with Gasteiger partial charge >= 0.3 is 0 Å². The Bertz CT molecular complexity index is 1330. The Hall–Kier alpha value is -3.17. The molecule has 2 aromatic heterocycles. The number of hydrogen-bond donors (Lipinski definition) is 1. The maximum absolute atomic E-state index is 13.4. The quantitative estimate of drug-likeness (QED) is 0.407. The second-order valence-corrected chi connectivity index (χ2v) is 8.06. The van der Waals surface area contributed by atoms with Crippen LogP contribution in [0.1, 0.15) is 13.8 Å². The highest BCUT2D eigenvalue weighted by Crippen LogP contribution is 2.29. The Morgan fingerprint density at radius 2 is 1.58 bits per heavy atom. The van der Waals surface area contributed by atoms with Gasteiger partial charge in [-0.3, -0.25) is 4.72 Å². The molecule has 0 bridgehead atoms. The molecule has 0 amide bonds. The molecule has 2 heterocycles. The van der Waals surface area contributed by atoms with E-state index in [0.717, 1.165) is 30.5 Å². The fourth-order valence-electron chi connectivity index (χ4n) is 2.66. The molecule has 0 atom stereocenters. The summed E-state index contributed by atoms with van der Waals surface area (Å²) >= 11 is 6.05. The van der Waals surface area contributed by atoms with Gasteiger partial charge < -0.3 is 0 Å². The largest absolute Gasteiger partial charge is 0.276 e. The summed E-state index contributed by atoms with van der Waals surface area (Å²) in [5.74, 6) is -1.27. The van der Waals surface area contributed by atoms with Crippen LogP contribution in [0.5, 0.6) is 0 Å². The van der Waals surface area contributed by atoms with Gasteiger partial charge in [-0.05, 0) is 48.0 Å². The summed E-state index contributed by atoms with van der Waals surface area (Å²) in [5, 5.41) is -0.0638. The number of aromatic nitrogens is 3. The van der Waals surface area contributed by atoms with E-state index in [1.165, 1.54) is 12.3 Å². The molecule has 0 aliphatic rings. The van der Waals surface area contributed by atoms with Crippen LogP contribution >= 0.6 is 11.6 Å². The lowest BCUT2D eigenvalue weighted by molar-refractivity contribution is 0.583. The Labute approximate surface area is 183 Å². The second-order valence-electron chi connectivity index (χ2n) is 6.02. The van der Waals surface area contributed by atoms with Crippen LogP contribution in [0, 0.1) is 11.8 Å². The highest BCUT2D eigenvalue weighted by Gasteiger charge is 2.17. The highest BCUT2D eigenvalue weighted by molar-refractivity contribution is 7.92. The van der Waals surface area contributed by atoms with Crippen molar-refractivity contribution >= 4 is 38.3 Å². The summed E-state index contributed by atoms with van der Waals surface area (Å²) in [5.41, 5.74) is 2.03. The van der Waals surface area contributed by atoms with Crippen molar-refractivity contribution in [2.24, 2.45) is 0 Å². The van der Waals surface area contributed by atoms with Crippen molar-refractivity contribution in [2.75, 3.05) is 4.72 Å². The fraction of sp³-hybridized carbons (Fsp3) is 0.0952. The van der Waals surface area contributed by atoms with E-state index in [1.54, 1.807) is 18.2 Å². The maximum Gasteiger partial charge on any atom is 0.261 e. The summed E-state index contributed by atoms with van der Waals surface area (Å²) in [6.07, 6.45) is 2.47. The van der Waals surface area contributed by atoms with E-state index in [4.69, 9.17) is 11.6 Å². The van der Waals surface area contributed by atoms with E-state index in [-0.39, 0.29) is 15.7 Å². The monoisotopic (exact) mass is 462 g/mol. The molecule has 1 N–H and O–H groups in total. The molecule has 0 spiro atoms. The van der Waals surface area contributed by atoms with Gasteiger partial charge in [0.25, 0.3) is 10.0 Å². The molecule has 160 valence electrons. The molecule has 2 aromatic carbocycles. The number of fused-ring (bicyclic) bond motifs is 1. The minimum Gasteiger partial charge on any atom is -0.276 e. The molecule has 0 aliphatic carbocycles. The van der Waals surface area contributed by atoms with E-state index in [2.05, 4.69) is 19.7 Å². The summed E-state index contributed by atoms with van der Waals surface area (Å²) in [6, 6.07) is 10.8. The van der Waals surface area contributed by atoms with E-state index in [9.17, 15) is 17.2 Å². The summed E-state index contributed by atoms with van der Waals surface area (Å²) in [6.45, 7) is 4.00. The van der Waals surface area contributed by atoms with Gasteiger partial charge in [-0.25, -0.2) is 27.8 Å². The number of benzene rings is 2. The van der Waals surface area contributed by atoms with Gasteiger partial charge in [0.15, 0.2) is 5.15 Å². The summed E-state index contributed by atoms with van der Waals surface area (Å²) in [7, 11) is -4.00. The number of pyridine rings is 1. The van der Waals surface area contributed by atoms with Crippen LogP contribution in [0.4, 0.5) is 14.5 Å². The van der Waals surface area contributed by atoms with Crippen molar-refractivity contribution in [1.29, 1.82) is 0 Å². The zero-order chi connectivity index (χ0) is 22.6. The van der Waals surface area contributed by atoms with Crippen LogP contribution in [-0.2, 0) is 10.0 Å². The lowest BCUT2D eigenvalue weighted by Crippen LogP contribution is -2.13. The minimum atomic E-state index is -4.00.